The summed E-state index contributed by atoms with van der Waals surface area (Å²) in [6.07, 6.45) is 2.43. The first kappa shape index (κ1) is 17.5. The van der Waals surface area contributed by atoms with Gasteiger partial charge in [0.25, 0.3) is 0 Å². The summed E-state index contributed by atoms with van der Waals surface area (Å²) in [4.78, 5) is 0. The molecule has 1 aliphatic rings. The Kier molecular flexibility index (Phi) is 6.61. The van der Waals surface area contributed by atoms with Crippen molar-refractivity contribution in [1.29, 1.82) is 0 Å². The molecule has 1 atom stereocenters. The van der Waals surface area contributed by atoms with Crippen LogP contribution in [0.15, 0.2) is 23.3 Å². The summed E-state index contributed by atoms with van der Waals surface area (Å²) < 4.78 is 16.1. The summed E-state index contributed by atoms with van der Waals surface area (Å²) in [6.45, 7) is 3.44. The van der Waals surface area contributed by atoms with Gasteiger partial charge in [-0.05, 0) is 50.2 Å². The van der Waals surface area contributed by atoms with Crippen LogP contribution < -0.4 is 20.2 Å². The summed E-state index contributed by atoms with van der Waals surface area (Å²) in [5, 5.41) is 7.90. The van der Waals surface area contributed by atoms with Gasteiger partial charge in [-0.15, -0.1) is 0 Å². The van der Waals surface area contributed by atoms with Crippen LogP contribution in [-0.4, -0.2) is 44.3 Å². The van der Waals surface area contributed by atoms with Crippen molar-refractivity contribution >= 4 is 23.0 Å². The lowest BCUT2D eigenvalue weighted by atomic mass is 10.1. The van der Waals surface area contributed by atoms with E-state index in [1.165, 1.54) is 0 Å². The highest BCUT2D eigenvalue weighted by Crippen LogP contribution is 2.27. The van der Waals surface area contributed by atoms with Crippen LogP contribution in [0.5, 0.6) is 11.5 Å². The number of methoxy groups -OCH3 is 2. The molecule has 23 heavy (non-hydrogen) atoms. The third-order valence-electron chi connectivity index (χ3n) is 3.64. The number of benzene rings is 1. The van der Waals surface area contributed by atoms with Crippen molar-refractivity contribution < 1.29 is 14.2 Å². The highest BCUT2D eigenvalue weighted by Gasteiger charge is 2.15. The molecule has 0 amide bonds. The average molecular weight is 337 g/mol. The molecule has 1 aromatic rings. The third-order valence-corrected chi connectivity index (χ3v) is 3.88. The van der Waals surface area contributed by atoms with Crippen molar-refractivity contribution in [3.8, 4) is 11.5 Å². The number of hydrogen-bond donors (Lipinski definition) is 2. The number of hydrogen-bond acceptors (Lipinski definition) is 5. The summed E-state index contributed by atoms with van der Waals surface area (Å²) in [5.74, 6) is 1.35. The molecule has 1 aliphatic heterocycles. The van der Waals surface area contributed by atoms with Crippen molar-refractivity contribution in [1.82, 2.24) is 10.7 Å². The minimum Gasteiger partial charge on any atom is -0.493 e. The Morgan fingerprint density at radius 1 is 1.35 bits per heavy atom. The van der Waals surface area contributed by atoms with Gasteiger partial charge in [0.05, 0.1) is 26.0 Å². The second-order valence-corrected chi connectivity index (χ2v) is 5.63. The molecule has 0 spiro atoms. The van der Waals surface area contributed by atoms with Crippen molar-refractivity contribution in [2.24, 2.45) is 5.10 Å². The molecule has 0 saturated carbocycles. The number of hydrazone groups is 1. The molecular weight excluding hydrogens is 314 g/mol. The predicted octanol–water partition coefficient (Wildman–Crippen LogP) is 2.07. The van der Waals surface area contributed by atoms with Crippen LogP contribution >= 0.6 is 12.2 Å². The minimum atomic E-state index is 0.241. The van der Waals surface area contributed by atoms with Gasteiger partial charge in [-0.2, -0.15) is 5.10 Å². The fourth-order valence-corrected chi connectivity index (χ4v) is 2.44. The Labute approximate surface area is 142 Å². The van der Waals surface area contributed by atoms with E-state index in [9.17, 15) is 0 Å². The predicted molar refractivity (Wildman–Crippen MR) is 94.5 cm³/mol. The number of ether oxygens (including phenoxy) is 3. The van der Waals surface area contributed by atoms with Crippen LogP contribution in [-0.2, 0) is 4.74 Å². The number of nitrogens with one attached hydrogen (secondary N) is 2. The van der Waals surface area contributed by atoms with Gasteiger partial charge in [0.15, 0.2) is 16.6 Å². The Morgan fingerprint density at radius 2 is 2.13 bits per heavy atom. The molecule has 1 saturated heterocycles. The molecule has 0 aromatic heterocycles. The largest absolute Gasteiger partial charge is 0.493 e. The molecule has 0 aliphatic carbocycles. The number of thiocarbonyl (C=S) groups is 1. The highest BCUT2D eigenvalue weighted by molar-refractivity contribution is 7.80. The summed E-state index contributed by atoms with van der Waals surface area (Å²) in [5.41, 5.74) is 4.58. The lowest BCUT2D eigenvalue weighted by Crippen LogP contribution is -2.37. The van der Waals surface area contributed by atoms with E-state index in [1.54, 1.807) is 14.2 Å². The quantitative estimate of drug-likeness (QED) is 0.471. The topological polar surface area (TPSA) is 64.1 Å². The summed E-state index contributed by atoms with van der Waals surface area (Å²) in [7, 11) is 3.22. The first-order valence-corrected chi connectivity index (χ1v) is 7.97. The van der Waals surface area contributed by atoms with E-state index < -0.39 is 0 Å². The van der Waals surface area contributed by atoms with Gasteiger partial charge < -0.3 is 19.5 Å². The summed E-state index contributed by atoms with van der Waals surface area (Å²) >= 11 is 5.22. The van der Waals surface area contributed by atoms with Crippen molar-refractivity contribution in [2.45, 2.75) is 25.9 Å². The van der Waals surface area contributed by atoms with Gasteiger partial charge in [-0.25, -0.2) is 0 Å². The van der Waals surface area contributed by atoms with Gasteiger partial charge >= 0.3 is 0 Å². The molecule has 1 fully saturated rings. The van der Waals surface area contributed by atoms with E-state index in [4.69, 9.17) is 26.4 Å². The first-order chi connectivity index (χ1) is 11.1. The average Bonchev–Trinajstić information content (AvgIpc) is 3.10. The van der Waals surface area contributed by atoms with Gasteiger partial charge in [0, 0.05) is 18.7 Å². The standard InChI is InChI=1S/C16H23N3O3S/c1-11(12-6-7-14(20-2)15(9-12)21-3)18-19-16(23)17-10-13-5-4-8-22-13/h6-7,9,13H,4-5,8,10H2,1-3H3,(H2,17,19,23)/b18-11-/t13-/m0/s1. The zero-order chi connectivity index (χ0) is 16.7. The second-order valence-electron chi connectivity index (χ2n) is 5.22. The molecule has 7 heteroatoms. The second kappa shape index (κ2) is 8.69. The van der Waals surface area contributed by atoms with Crippen LogP contribution in [0.2, 0.25) is 0 Å². The zero-order valence-corrected chi connectivity index (χ0v) is 14.5. The molecule has 2 rings (SSSR count). The Balaban J connectivity index is 1.89. The van der Waals surface area contributed by atoms with Gasteiger partial charge in [0.1, 0.15) is 0 Å². The van der Waals surface area contributed by atoms with Crippen LogP contribution in [0.25, 0.3) is 0 Å². The Hall–Kier alpha value is -1.86. The minimum absolute atomic E-state index is 0.241. The molecule has 126 valence electrons. The fourth-order valence-electron chi connectivity index (χ4n) is 2.31. The normalized spacial score (nSPS) is 17.7. The van der Waals surface area contributed by atoms with Crippen molar-refractivity contribution in [3.63, 3.8) is 0 Å². The molecule has 6 nitrogen and oxygen atoms in total. The van der Waals surface area contributed by atoms with E-state index in [0.29, 0.717) is 23.2 Å². The van der Waals surface area contributed by atoms with Crippen LogP contribution in [0.3, 0.4) is 0 Å². The molecular formula is C16H23N3O3S. The monoisotopic (exact) mass is 337 g/mol. The van der Waals surface area contributed by atoms with Gasteiger partial charge in [0.2, 0.25) is 0 Å². The lowest BCUT2D eigenvalue weighted by Gasteiger charge is -2.13. The lowest BCUT2D eigenvalue weighted by molar-refractivity contribution is 0.114. The SMILES string of the molecule is COc1ccc(/C(C)=N\NC(=S)NC[C@@H]2CCCO2)cc1OC. The third kappa shape index (κ3) is 5.07. The van der Waals surface area contributed by atoms with Gasteiger partial charge in [-0.3, -0.25) is 5.43 Å². The Morgan fingerprint density at radius 3 is 2.78 bits per heavy atom. The smallest absolute Gasteiger partial charge is 0.187 e. The van der Waals surface area contributed by atoms with E-state index >= 15 is 0 Å². The molecule has 0 unspecified atom stereocenters. The highest BCUT2D eigenvalue weighted by atomic mass is 32.1. The zero-order valence-electron chi connectivity index (χ0n) is 13.7. The molecule has 0 bridgehead atoms. The number of nitrogens with zero attached hydrogens (tertiary/aromatic N) is 1. The van der Waals surface area contributed by atoms with E-state index in [-0.39, 0.29) is 6.10 Å². The first-order valence-electron chi connectivity index (χ1n) is 7.56. The van der Waals surface area contributed by atoms with E-state index in [1.807, 2.05) is 25.1 Å². The van der Waals surface area contributed by atoms with Crippen molar-refractivity contribution in [3.05, 3.63) is 23.8 Å². The van der Waals surface area contributed by atoms with Crippen LogP contribution in [0.4, 0.5) is 0 Å². The molecule has 2 N–H and O–H groups in total. The van der Waals surface area contributed by atoms with E-state index in [0.717, 1.165) is 30.7 Å². The molecule has 1 heterocycles. The summed E-state index contributed by atoms with van der Waals surface area (Å²) in [6, 6.07) is 5.65. The maximum atomic E-state index is 5.53. The van der Waals surface area contributed by atoms with Gasteiger partial charge in [-0.1, -0.05) is 0 Å². The molecule has 0 radical (unpaired) electrons. The maximum absolute atomic E-state index is 5.53. The maximum Gasteiger partial charge on any atom is 0.187 e. The van der Waals surface area contributed by atoms with Crippen LogP contribution in [0, 0.1) is 0 Å². The Bertz CT molecular complexity index is 572. The van der Waals surface area contributed by atoms with Crippen LogP contribution in [0.1, 0.15) is 25.3 Å². The van der Waals surface area contributed by atoms with Crippen molar-refractivity contribution in [2.75, 3.05) is 27.4 Å². The van der Waals surface area contributed by atoms with E-state index in [2.05, 4.69) is 15.8 Å². The number of rotatable bonds is 6. The molecule has 1 aromatic carbocycles. The fraction of sp³-hybridized carbons (Fsp3) is 0.500.